The van der Waals surface area contributed by atoms with Crippen LogP contribution in [0.3, 0.4) is 0 Å². The predicted octanol–water partition coefficient (Wildman–Crippen LogP) is 6.98. The van der Waals surface area contributed by atoms with Crippen molar-refractivity contribution < 1.29 is 4.74 Å². The van der Waals surface area contributed by atoms with E-state index in [9.17, 15) is 0 Å². The maximum atomic E-state index is 5.84. The van der Waals surface area contributed by atoms with Gasteiger partial charge in [-0.3, -0.25) is 0 Å². The average Bonchev–Trinajstić information content (AvgIpc) is 2.83. The van der Waals surface area contributed by atoms with E-state index in [1.165, 1.54) is 9.80 Å². The van der Waals surface area contributed by atoms with Crippen molar-refractivity contribution in [1.29, 1.82) is 0 Å². The summed E-state index contributed by atoms with van der Waals surface area (Å²) in [6, 6.07) is 8.14. The van der Waals surface area contributed by atoms with E-state index in [-0.39, 0.29) is 0 Å². The molecule has 1 aromatic carbocycles. The molecule has 21 heavy (non-hydrogen) atoms. The summed E-state index contributed by atoms with van der Waals surface area (Å²) >= 11 is 1.77. The molecule has 3 rings (SSSR count). The summed E-state index contributed by atoms with van der Waals surface area (Å²) in [5.41, 5.74) is 0. The van der Waals surface area contributed by atoms with E-state index in [0.717, 1.165) is 17.9 Å². The number of ether oxygens (including phenoxy) is 1. The minimum absolute atomic E-state index is 0.959. The second-order valence-corrected chi connectivity index (χ2v) is 4.50. The highest BCUT2D eigenvalue weighted by Gasteiger charge is 2.17. The van der Waals surface area contributed by atoms with Crippen LogP contribution in [0.15, 0.2) is 64.1 Å². The first kappa shape index (κ1) is 19.6. The Labute approximate surface area is 134 Å². The smallest absolute Gasteiger partial charge is 0.141 e. The minimum atomic E-state index is 0.959. The van der Waals surface area contributed by atoms with E-state index < -0.39 is 0 Å². The van der Waals surface area contributed by atoms with Gasteiger partial charge in [-0.2, -0.15) is 0 Å². The molecule has 1 heterocycles. The molecule has 1 aromatic rings. The van der Waals surface area contributed by atoms with Crippen LogP contribution >= 0.6 is 11.8 Å². The van der Waals surface area contributed by atoms with Crippen LogP contribution in [0.1, 0.15) is 48.0 Å². The topological polar surface area (TPSA) is 9.23 Å². The largest absolute Gasteiger partial charge is 0.455 e. The zero-order valence-corrected chi connectivity index (χ0v) is 15.0. The van der Waals surface area contributed by atoms with E-state index in [1.54, 1.807) is 11.8 Å². The lowest BCUT2D eigenvalue weighted by atomic mass is 10.3. The van der Waals surface area contributed by atoms with Gasteiger partial charge in [0.05, 0.1) is 9.80 Å². The zero-order chi connectivity index (χ0) is 16.1. The molecule has 0 bridgehead atoms. The molecule has 0 spiro atoms. The summed E-state index contributed by atoms with van der Waals surface area (Å²) < 4.78 is 5.84. The van der Waals surface area contributed by atoms with E-state index in [0.29, 0.717) is 0 Å². The fourth-order valence-corrected chi connectivity index (χ4v) is 2.59. The van der Waals surface area contributed by atoms with Crippen LogP contribution in [0.25, 0.3) is 0 Å². The standard InChI is InChI=1S/C13H10OS.3C2H6/c1-2-6-10-12(8-3-1)15-13-9-5-4-7-11(13)14-10;3*1-2/h2-9H,1H2;3*1-2H3. The summed E-state index contributed by atoms with van der Waals surface area (Å²) in [6.07, 6.45) is 9.44. The van der Waals surface area contributed by atoms with Crippen LogP contribution in [0.4, 0.5) is 0 Å². The number of benzene rings is 1. The SMILES string of the molecule is C1=CC2=C(C=CC1)Sc1ccccc1O2.CC.CC.CC. The maximum absolute atomic E-state index is 5.84. The molecule has 0 aromatic heterocycles. The third kappa shape index (κ3) is 5.84. The zero-order valence-electron chi connectivity index (χ0n) is 14.1. The van der Waals surface area contributed by atoms with Crippen molar-refractivity contribution in [2.75, 3.05) is 0 Å². The summed E-state index contributed by atoms with van der Waals surface area (Å²) in [7, 11) is 0. The van der Waals surface area contributed by atoms with E-state index in [4.69, 9.17) is 4.74 Å². The highest BCUT2D eigenvalue weighted by molar-refractivity contribution is 8.03. The Morgan fingerprint density at radius 1 is 0.857 bits per heavy atom. The van der Waals surface area contributed by atoms with E-state index in [2.05, 4.69) is 30.4 Å². The van der Waals surface area contributed by atoms with Crippen LogP contribution in [-0.4, -0.2) is 0 Å². The highest BCUT2D eigenvalue weighted by Crippen LogP contribution is 2.42. The molecule has 2 heteroatoms. The number of para-hydroxylation sites is 1. The van der Waals surface area contributed by atoms with Crippen LogP contribution in [0, 0.1) is 0 Å². The Hall–Kier alpha value is -1.41. The number of hydrogen-bond donors (Lipinski definition) is 0. The van der Waals surface area contributed by atoms with E-state index in [1.807, 2.05) is 59.7 Å². The first-order chi connectivity index (χ1) is 10.4. The first-order valence-corrected chi connectivity index (χ1v) is 8.77. The molecule has 0 saturated carbocycles. The predicted molar refractivity (Wildman–Crippen MR) is 96.9 cm³/mol. The van der Waals surface area contributed by atoms with Gasteiger partial charge in [0, 0.05) is 0 Å². The second-order valence-electron chi connectivity index (χ2n) is 3.42. The third-order valence-electron chi connectivity index (χ3n) is 2.34. The summed E-state index contributed by atoms with van der Waals surface area (Å²) in [5.74, 6) is 1.92. The highest BCUT2D eigenvalue weighted by atomic mass is 32.2. The van der Waals surface area contributed by atoms with Gasteiger partial charge in [-0.25, -0.2) is 0 Å². The Morgan fingerprint density at radius 2 is 1.48 bits per heavy atom. The fourth-order valence-electron chi connectivity index (χ4n) is 1.62. The van der Waals surface area contributed by atoms with Gasteiger partial charge in [0.1, 0.15) is 11.5 Å². The number of allylic oxidation sites excluding steroid dienone is 4. The van der Waals surface area contributed by atoms with Crippen molar-refractivity contribution in [1.82, 2.24) is 0 Å². The molecule has 1 nitrogen and oxygen atoms in total. The molecule has 2 aliphatic rings. The first-order valence-electron chi connectivity index (χ1n) is 7.95. The van der Waals surface area contributed by atoms with Crippen molar-refractivity contribution >= 4 is 11.8 Å². The fraction of sp³-hybridized carbons (Fsp3) is 0.368. The van der Waals surface area contributed by atoms with Gasteiger partial charge in [0.15, 0.2) is 0 Å². The molecule has 116 valence electrons. The lowest BCUT2D eigenvalue weighted by Gasteiger charge is -2.18. The molecular weight excluding hydrogens is 276 g/mol. The van der Waals surface area contributed by atoms with Crippen LogP contribution in [0.2, 0.25) is 0 Å². The summed E-state index contributed by atoms with van der Waals surface area (Å²) in [6.45, 7) is 12.0. The van der Waals surface area contributed by atoms with Crippen molar-refractivity contribution in [3.63, 3.8) is 0 Å². The maximum Gasteiger partial charge on any atom is 0.141 e. The van der Waals surface area contributed by atoms with Gasteiger partial charge in [0.25, 0.3) is 0 Å². The lowest BCUT2D eigenvalue weighted by molar-refractivity contribution is 0.429. The van der Waals surface area contributed by atoms with Gasteiger partial charge < -0.3 is 4.74 Å². The van der Waals surface area contributed by atoms with Crippen molar-refractivity contribution in [3.05, 3.63) is 59.2 Å². The second kappa shape index (κ2) is 12.3. The molecule has 1 aliphatic heterocycles. The molecule has 0 radical (unpaired) electrons. The number of fused-ring (bicyclic) bond motifs is 1. The summed E-state index contributed by atoms with van der Waals surface area (Å²) in [4.78, 5) is 2.39. The average molecular weight is 304 g/mol. The molecule has 0 unspecified atom stereocenters. The van der Waals surface area contributed by atoms with Gasteiger partial charge in [-0.15, -0.1) is 0 Å². The van der Waals surface area contributed by atoms with Gasteiger partial charge >= 0.3 is 0 Å². The van der Waals surface area contributed by atoms with Crippen molar-refractivity contribution in [3.8, 4) is 5.75 Å². The van der Waals surface area contributed by atoms with Gasteiger partial charge in [0.2, 0.25) is 0 Å². The quantitative estimate of drug-likeness (QED) is 0.511. The normalized spacial score (nSPS) is 13.6. The summed E-state index contributed by atoms with van der Waals surface area (Å²) in [5, 5.41) is 0. The number of hydrogen-bond acceptors (Lipinski definition) is 2. The molecule has 0 N–H and O–H groups in total. The molecule has 0 atom stereocenters. The van der Waals surface area contributed by atoms with Crippen molar-refractivity contribution in [2.45, 2.75) is 52.9 Å². The molecule has 0 fully saturated rings. The molecular formula is C19H28OS. The third-order valence-corrected chi connectivity index (χ3v) is 3.46. The monoisotopic (exact) mass is 304 g/mol. The van der Waals surface area contributed by atoms with Crippen LogP contribution in [0.5, 0.6) is 5.75 Å². The Balaban J connectivity index is 0.000000598. The molecule has 1 aliphatic carbocycles. The molecule has 0 amide bonds. The van der Waals surface area contributed by atoms with Gasteiger partial charge in [-0.1, -0.05) is 77.6 Å². The van der Waals surface area contributed by atoms with Crippen LogP contribution < -0.4 is 4.74 Å². The lowest BCUT2D eigenvalue weighted by Crippen LogP contribution is -2.00. The molecule has 0 saturated heterocycles. The van der Waals surface area contributed by atoms with Crippen molar-refractivity contribution in [2.24, 2.45) is 0 Å². The Morgan fingerprint density at radius 3 is 2.19 bits per heavy atom. The van der Waals surface area contributed by atoms with E-state index >= 15 is 0 Å². The number of rotatable bonds is 0. The van der Waals surface area contributed by atoms with Gasteiger partial charge in [-0.05, 0) is 30.7 Å². The minimum Gasteiger partial charge on any atom is -0.455 e. The Bertz CT molecular complexity index is 441. The number of thioether (sulfide) groups is 1. The Kier molecular flexibility index (Phi) is 11.5. The van der Waals surface area contributed by atoms with Crippen LogP contribution in [-0.2, 0) is 0 Å².